The molecule has 0 aliphatic rings. The number of benzene rings is 2. The van der Waals surface area contributed by atoms with Crippen molar-refractivity contribution in [1.82, 2.24) is 0 Å². The van der Waals surface area contributed by atoms with Crippen LogP contribution in [0.4, 0.5) is 5.69 Å². The minimum atomic E-state index is 0.129. The van der Waals surface area contributed by atoms with Crippen LogP contribution in [-0.2, 0) is 0 Å². The maximum absolute atomic E-state index is 5.86. The van der Waals surface area contributed by atoms with E-state index in [1.807, 2.05) is 24.3 Å². The number of aryl methyl sites for hydroxylation is 1. The number of halogens is 1. The molecule has 0 radical (unpaired) electrons. The number of rotatable bonds is 4. The molecule has 0 bridgehead atoms. The van der Waals surface area contributed by atoms with E-state index in [1.54, 1.807) is 0 Å². The van der Waals surface area contributed by atoms with E-state index >= 15 is 0 Å². The summed E-state index contributed by atoms with van der Waals surface area (Å²) < 4.78 is 1.05. The lowest BCUT2D eigenvalue weighted by atomic mass is 10.0. The molecule has 18 heavy (non-hydrogen) atoms. The molecule has 1 unspecified atom stereocenters. The summed E-state index contributed by atoms with van der Waals surface area (Å²) in [5.74, 6) is 0. The Balaban J connectivity index is 2.20. The molecule has 0 heterocycles. The Hall–Kier alpha value is -1.32. The summed E-state index contributed by atoms with van der Waals surface area (Å²) in [4.78, 5) is 0. The molecule has 0 aliphatic carbocycles. The second-order valence-electron chi connectivity index (χ2n) is 4.32. The molecule has 2 aromatic carbocycles. The van der Waals surface area contributed by atoms with Gasteiger partial charge in [0.05, 0.1) is 6.04 Å². The molecule has 0 spiro atoms. The van der Waals surface area contributed by atoms with E-state index in [0.717, 1.165) is 10.2 Å². The van der Waals surface area contributed by atoms with E-state index < -0.39 is 0 Å². The van der Waals surface area contributed by atoms with Gasteiger partial charge in [-0.1, -0.05) is 42.0 Å². The number of hydrogen-bond acceptors (Lipinski definition) is 2. The van der Waals surface area contributed by atoms with Crippen LogP contribution in [0.5, 0.6) is 0 Å². The minimum absolute atomic E-state index is 0.129. The van der Waals surface area contributed by atoms with Crippen molar-refractivity contribution in [2.45, 2.75) is 13.0 Å². The lowest BCUT2D eigenvalue weighted by molar-refractivity contribution is 0.789. The molecule has 3 N–H and O–H groups in total. The number of para-hydroxylation sites is 1. The molecular formula is C15H17BrN2. The van der Waals surface area contributed by atoms with E-state index in [2.05, 4.69) is 52.4 Å². The van der Waals surface area contributed by atoms with E-state index in [0.29, 0.717) is 6.54 Å². The Labute approximate surface area is 116 Å². The summed E-state index contributed by atoms with van der Waals surface area (Å²) in [6.45, 7) is 2.65. The number of anilines is 1. The van der Waals surface area contributed by atoms with Gasteiger partial charge in [0, 0.05) is 16.7 Å². The lowest BCUT2D eigenvalue weighted by Gasteiger charge is -2.19. The van der Waals surface area contributed by atoms with Gasteiger partial charge in [0.25, 0.3) is 0 Å². The summed E-state index contributed by atoms with van der Waals surface area (Å²) in [6, 6.07) is 16.7. The van der Waals surface area contributed by atoms with E-state index in [1.165, 1.54) is 11.1 Å². The van der Waals surface area contributed by atoms with Gasteiger partial charge in [-0.3, -0.25) is 0 Å². The van der Waals surface area contributed by atoms with Crippen LogP contribution in [-0.4, -0.2) is 6.54 Å². The zero-order valence-electron chi connectivity index (χ0n) is 10.4. The minimum Gasteiger partial charge on any atom is -0.376 e. The average Bonchev–Trinajstić information content (AvgIpc) is 2.39. The van der Waals surface area contributed by atoms with Crippen LogP contribution >= 0.6 is 15.9 Å². The lowest BCUT2D eigenvalue weighted by Crippen LogP contribution is -2.20. The Morgan fingerprint density at radius 1 is 1.11 bits per heavy atom. The molecule has 0 saturated carbocycles. The molecule has 0 saturated heterocycles. The fraction of sp³-hybridized carbons (Fsp3) is 0.200. The van der Waals surface area contributed by atoms with Gasteiger partial charge in [0.15, 0.2) is 0 Å². The first-order valence-corrected chi connectivity index (χ1v) is 6.77. The highest BCUT2D eigenvalue weighted by Crippen LogP contribution is 2.26. The molecule has 3 heteroatoms. The summed E-state index contributed by atoms with van der Waals surface area (Å²) in [5.41, 5.74) is 9.39. The van der Waals surface area contributed by atoms with Crippen LogP contribution < -0.4 is 11.1 Å². The molecule has 2 aromatic rings. The maximum atomic E-state index is 5.86. The predicted octanol–water partition coefficient (Wildman–Crippen LogP) is 3.87. The highest BCUT2D eigenvalue weighted by molar-refractivity contribution is 9.10. The van der Waals surface area contributed by atoms with E-state index in [4.69, 9.17) is 5.73 Å². The fourth-order valence-electron chi connectivity index (χ4n) is 1.84. The molecule has 0 aliphatic heterocycles. The first-order chi connectivity index (χ1) is 8.70. The van der Waals surface area contributed by atoms with Crippen LogP contribution in [0, 0.1) is 6.92 Å². The molecule has 1 atom stereocenters. The van der Waals surface area contributed by atoms with Gasteiger partial charge in [0.1, 0.15) is 0 Å². The van der Waals surface area contributed by atoms with Gasteiger partial charge >= 0.3 is 0 Å². The largest absolute Gasteiger partial charge is 0.376 e. The molecule has 0 aromatic heterocycles. The molecular weight excluding hydrogens is 288 g/mol. The third-order valence-electron chi connectivity index (χ3n) is 2.92. The van der Waals surface area contributed by atoms with Crippen LogP contribution in [0.1, 0.15) is 17.2 Å². The van der Waals surface area contributed by atoms with Crippen LogP contribution in [0.3, 0.4) is 0 Å². The standard InChI is InChI=1S/C15H17BrN2/c1-11-6-8-12(9-7-11)15(10-17)18-14-5-3-2-4-13(14)16/h2-9,15,18H,10,17H2,1H3. The first-order valence-electron chi connectivity index (χ1n) is 5.98. The van der Waals surface area contributed by atoms with Crippen molar-refractivity contribution >= 4 is 21.6 Å². The summed E-state index contributed by atoms with van der Waals surface area (Å²) >= 11 is 3.53. The van der Waals surface area contributed by atoms with Crippen molar-refractivity contribution in [3.8, 4) is 0 Å². The Morgan fingerprint density at radius 3 is 2.39 bits per heavy atom. The van der Waals surface area contributed by atoms with Crippen LogP contribution in [0.25, 0.3) is 0 Å². The third-order valence-corrected chi connectivity index (χ3v) is 3.61. The van der Waals surface area contributed by atoms with Crippen LogP contribution in [0.2, 0.25) is 0 Å². The Morgan fingerprint density at radius 2 is 1.78 bits per heavy atom. The molecule has 0 amide bonds. The number of hydrogen-bond donors (Lipinski definition) is 2. The monoisotopic (exact) mass is 304 g/mol. The van der Waals surface area contributed by atoms with E-state index in [-0.39, 0.29) is 6.04 Å². The van der Waals surface area contributed by atoms with Crippen LogP contribution in [0.15, 0.2) is 53.0 Å². The van der Waals surface area contributed by atoms with E-state index in [9.17, 15) is 0 Å². The Kier molecular flexibility index (Phi) is 4.39. The first kappa shape index (κ1) is 13.1. The second kappa shape index (κ2) is 6.03. The number of nitrogens with two attached hydrogens (primary N) is 1. The topological polar surface area (TPSA) is 38.0 Å². The molecule has 2 rings (SSSR count). The van der Waals surface area contributed by atoms with Crippen molar-refractivity contribution in [2.75, 3.05) is 11.9 Å². The quantitative estimate of drug-likeness (QED) is 0.900. The zero-order valence-corrected chi connectivity index (χ0v) is 11.9. The van der Waals surface area contributed by atoms with Crippen molar-refractivity contribution in [1.29, 1.82) is 0 Å². The average molecular weight is 305 g/mol. The normalized spacial score (nSPS) is 12.2. The van der Waals surface area contributed by atoms with Gasteiger partial charge in [0.2, 0.25) is 0 Å². The third kappa shape index (κ3) is 3.12. The van der Waals surface area contributed by atoms with Crippen molar-refractivity contribution < 1.29 is 0 Å². The second-order valence-corrected chi connectivity index (χ2v) is 5.18. The van der Waals surface area contributed by atoms with Gasteiger partial charge in [-0.15, -0.1) is 0 Å². The maximum Gasteiger partial charge on any atom is 0.0636 e. The Bertz CT molecular complexity index is 508. The molecule has 2 nitrogen and oxygen atoms in total. The number of nitrogens with one attached hydrogen (secondary N) is 1. The zero-order chi connectivity index (χ0) is 13.0. The summed E-state index contributed by atoms with van der Waals surface area (Å²) in [5, 5.41) is 3.46. The molecule has 94 valence electrons. The van der Waals surface area contributed by atoms with Gasteiger partial charge in [-0.25, -0.2) is 0 Å². The predicted molar refractivity (Wildman–Crippen MR) is 80.7 cm³/mol. The SMILES string of the molecule is Cc1ccc(C(CN)Nc2ccccc2Br)cc1. The smallest absolute Gasteiger partial charge is 0.0636 e. The highest BCUT2D eigenvalue weighted by atomic mass is 79.9. The van der Waals surface area contributed by atoms with Gasteiger partial charge in [-0.05, 0) is 40.5 Å². The van der Waals surface area contributed by atoms with Crippen molar-refractivity contribution in [2.24, 2.45) is 5.73 Å². The summed E-state index contributed by atoms with van der Waals surface area (Å²) in [7, 11) is 0. The molecule has 0 fully saturated rings. The van der Waals surface area contributed by atoms with Crippen molar-refractivity contribution in [3.05, 3.63) is 64.1 Å². The van der Waals surface area contributed by atoms with Crippen molar-refractivity contribution in [3.63, 3.8) is 0 Å². The fourth-order valence-corrected chi connectivity index (χ4v) is 2.24. The summed E-state index contributed by atoms with van der Waals surface area (Å²) in [6.07, 6.45) is 0. The van der Waals surface area contributed by atoms with Gasteiger partial charge < -0.3 is 11.1 Å². The highest BCUT2D eigenvalue weighted by Gasteiger charge is 2.10. The van der Waals surface area contributed by atoms with Gasteiger partial charge in [-0.2, -0.15) is 0 Å².